The number of fused-ring (bicyclic) bond motifs is 4. The van der Waals surface area contributed by atoms with E-state index in [9.17, 15) is 4.79 Å². The van der Waals surface area contributed by atoms with Gasteiger partial charge in [-0.05, 0) is 49.7 Å². The Morgan fingerprint density at radius 2 is 2.03 bits per heavy atom. The maximum absolute atomic E-state index is 13.6. The number of rotatable bonds is 4. The van der Waals surface area contributed by atoms with Crippen molar-refractivity contribution in [3.8, 4) is 16.9 Å². The zero-order valence-corrected chi connectivity index (χ0v) is 19.4. The van der Waals surface area contributed by atoms with E-state index in [1.54, 1.807) is 10.9 Å². The molecule has 2 aliphatic heterocycles. The predicted octanol–water partition coefficient (Wildman–Crippen LogP) is 3.73. The number of nitrogens with one attached hydrogen (secondary N) is 1. The van der Waals surface area contributed by atoms with E-state index in [4.69, 9.17) is 10.7 Å². The van der Waals surface area contributed by atoms with Gasteiger partial charge in [-0.1, -0.05) is 35.0 Å². The van der Waals surface area contributed by atoms with Gasteiger partial charge in [-0.15, -0.1) is 5.10 Å². The lowest BCUT2D eigenvalue weighted by atomic mass is 10.1. The Bertz CT molecular complexity index is 1410. The number of nitrogens with zero attached hydrogens (tertiary/aromatic N) is 6. The first-order valence-corrected chi connectivity index (χ1v) is 11.7. The predicted molar refractivity (Wildman–Crippen MR) is 136 cm³/mol. The van der Waals surface area contributed by atoms with Crippen LogP contribution in [0.3, 0.4) is 0 Å². The molecule has 35 heavy (non-hydrogen) atoms. The Kier molecular flexibility index (Phi) is 5.18. The summed E-state index contributed by atoms with van der Waals surface area (Å²) in [5, 5.41) is 11.1. The van der Waals surface area contributed by atoms with Crippen molar-refractivity contribution in [2.24, 2.45) is 5.73 Å². The molecule has 2 amide bonds. The number of urea groups is 1. The molecule has 0 radical (unpaired) electrons. The fourth-order valence-corrected chi connectivity index (χ4v) is 4.95. The molecule has 0 saturated carbocycles. The highest BCUT2D eigenvalue weighted by molar-refractivity contribution is 6.05. The number of hydrogen-bond acceptors (Lipinski definition) is 6. The summed E-state index contributed by atoms with van der Waals surface area (Å²) in [5.41, 5.74) is 12.1. The van der Waals surface area contributed by atoms with E-state index in [-0.39, 0.29) is 12.1 Å². The monoisotopic (exact) mass is 466 g/mol. The van der Waals surface area contributed by atoms with E-state index in [2.05, 4.69) is 51.7 Å². The summed E-state index contributed by atoms with van der Waals surface area (Å²) >= 11 is 0. The smallest absolute Gasteiger partial charge is 0.327 e. The van der Waals surface area contributed by atoms with Gasteiger partial charge < -0.3 is 16.0 Å². The fourth-order valence-electron chi connectivity index (χ4n) is 4.95. The van der Waals surface area contributed by atoms with E-state index in [1.807, 2.05) is 41.3 Å². The molecule has 3 N–H and O–H groups in total. The van der Waals surface area contributed by atoms with Crippen LogP contribution in [0.5, 0.6) is 0 Å². The SMILES string of the molecule is Cc1cccc(-c2ccc3c(n2)N(C(=O)Nc2cccc(-n4nncc4CN)c2)[C@H]2CCN3C2)c1. The van der Waals surface area contributed by atoms with Crippen LogP contribution in [0.25, 0.3) is 16.9 Å². The highest BCUT2D eigenvalue weighted by Crippen LogP contribution is 2.40. The number of amides is 2. The maximum atomic E-state index is 13.6. The molecule has 0 aliphatic carbocycles. The lowest BCUT2D eigenvalue weighted by molar-refractivity contribution is 0.255. The Labute approximate surface area is 203 Å². The van der Waals surface area contributed by atoms with Gasteiger partial charge in [0.2, 0.25) is 0 Å². The first kappa shape index (κ1) is 21.3. The maximum Gasteiger partial charge on any atom is 0.327 e. The van der Waals surface area contributed by atoms with Crippen molar-refractivity contribution < 1.29 is 4.79 Å². The lowest BCUT2D eigenvalue weighted by Crippen LogP contribution is -2.48. The Balaban J connectivity index is 1.33. The van der Waals surface area contributed by atoms with Crippen molar-refractivity contribution in [2.45, 2.75) is 25.9 Å². The van der Waals surface area contributed by atoms with Gasteiger partial charge in [-0.2, -0.15) is 0 Å². The number of benzene rings is 2. The Morgan fingerprint density at radius 3 is 2.89 bits per heavy atom. The largest absolute Gasteiger partial charge is 0.366 e. The molecule has 1 atom stereocenters. The zero-order valence-electron chi connectivity index (χ0n) is 19.4. The number of anilines is 3. The van der Waals surface area contributed by atoms with E-state index in [0.29, 0.717) is 18.1 Å². The quantitative estimate of drug-likeness (QED) is 0.475. The van der Waals surface area contributed by atoms with Crippen molar-refractivity contribution in [3.63, 3.8) is 0 Å². The Hall–Kier alpha value is -4.24. The molecule has 2 aliphatic rings. The minimum atomic E-state index is -0.193. The van der Waals surface area contributed by atoms with Crippen LogP contribution in [-0.2, 0) is 6.54 Å². The first-order chi connectivity index (χ1) is 17.1. The zero-order chi connectivity index (χ0) is 23.9. The van der Waals surface area contributed by atoms with Crippen LogP contribution in [0.4, 0.5) is 22.0 Å². The summed E-state index contributed by atoms with van der Waals surface area (Å²) in [7, 11) is 0. The molecule has 2 aromatic carbocycles. The van der Waals surface area contributed by atoms with Crippen molar-refractivity contribution in [2.75, 3.05) is 28.2 Å². The van der Waals surface area contributed by atoms with Gasteiger partial charge in [0.25, 0.3) is 0 Å². The third-order valence-corrected chi connectivity index (χ3v) is 6.66. The van der Waals surface area contributed by atoms with Crippen molar-refractivity contribution in [1.82, 2.24) is 20.0 Å². The number of carbonyl (C=O) groups excluding carboxylic acids is 1. The minimum Gasteiger partial charge on any atom is -0.366 e. The van der Waals surface area contributed by atoms with Gasteiger partial charge in [0, 0.05) is 30.9 Å². The van der Waals surface area contributed by atoms with Crippen molar-refractivity contribution in [3.05, 3.63) is 78.1 Å². The number of carbonyl (C=O) groups is 1. The molecule has 0 spiro atoms. The van der Waals surface area contributed by atoms with Crippen LogP contribution in [0.15, 0.2) is 66.9 Å². The number of aryl methyl sites for hydroxylation is 1. The van der Waals surface area contributed by atoms with E-state index >= 15 is 0 Å². The van der Waals surface area contributed by atoms with Crippen molar-refractivity contribution in [1.29, 1.82) is 0 Å². The molecule has 4 aromatic rings. The van der Waals surface area contributed by atoms with Gasteiger partial charge >= 0.3 is 6.03 Å². The molecular weight excluding hydrogens is 440 g/mol. The van der Waals surface area contributed by atoms with Gasteiger partial charge in [-0.25, -0.2) is 14.5 Å². The average Bonchev–Trinajstić information content (AvgIpc) is 3.52. The summed E-state index contributed by atoms with van der Waals surface area (Å²) in [6.07, 6.45) is 2.54. The first-order valence-electron chi connectivity index (χ1n) is 11.7. The minimum absolute atomic E-state index is 0.0742. The third kappa shape index (κ3) is 3.79. The average molecular weight is 467 g/mol. The van der Waals surface area contributed by atoms with E-state index in [0.717, 1.165) is 47.8 Å². The molecule has 9 nitrogen and oxygen atoms in total. The van der Waals surface area contributed by atoms with Crippen LogP contribution >= 0.6 is 0 Å². The topological polar surface area (TPSA) is 105 Å². The number of aromatic nitrogens is 4. The summed E-state index contributed by atoms with van der Waals surface area (Å²) < 4.78 is 1.68. The molecule has 9 heteroatoms. The summed E-state index contributed by atoms with van der Waals surface area (Å²) in [6, 6.07) is 19.8. The molecule has 0 unspecified atom stereocenters. The van der Waals surface area contributed by atoms with E-state index in [1.165, 1.54) is 5.56 Å². The molecule has 4 heterocycles. The number of nitrogens with two attached hydrogens (primary N) is 1. The fraction of sp³-hybridized carbons (Fsp3) is 0.231. The number of hydrogen-bond donors (Lipinski definition) is 2. The molecule has 2 bridgehead atoms. The van der Waals surface area contributed by atoms with Crippen LogP contribution in [0, 0.1) is 6.92 Å². The van der Waals surface area contributed by atoms with Crippen LogP contribution in [-0.4, -0.2) is 45.1 Å². The molecular formula is C26H26N8O. The summed E-state index contributed by atoms with van der Waals surface area (Å²) in [4.78, 5) is 22.8. The lowest BCUT2D eigenvalue weighted by Gasteiger charge is -2.36. The molecule has 6 rings (SSSR count). The summed E-state index contributed by atoms with van der Waals surface area (Å²) in [5.74, 6) is 0.702. The molecule has 1 saturated heterocycles. The van der Waals surface area contributed by atoms with Gasteiger partial charge in [0.15, 0.2) is 5.82 Å². The third-order valence-electron chi connectivity index (χ3n) is 6.66. The normalized spacial score (nSPS) is 16.3. The molecule has 2 aromatic heterocycles. The molecule has 1 fully saturated rings. The second-order valence-electron chi connectivity index (χ2n) is 8.99. The standard InChI is InChI=1S/C26H26N8O/c1-17-4-2-5-18(12-17)23-8-9-24-25(30-23)33(21-10-11-32(24)16-21)26(35)29-19-6-3-7-20(13-19)34-22(14-27)15-28-31-34/h2-9,12-13,15,21H,10-11,14,16,27H2,1H3,(H,29,35)/t21-/m0/s1. The highest BCUT2D eigenvalue weighted by atomic mass is 16.2. The Morgan fingerprint density at radius 1 is 1.14 bits per heavy atom. The van der Waals surface area contributed by atoms with Gasteiger partial charge in [0.1, 0.15) is 0 Å². The van der Waals surface area contributed by atoms with Crippen LogP contribution < -0.4 is 20.9 Å². The van der Waals surface area contributed by atoms with Crippen LogP contribution in [0.1, 0.15) is 17.7 Å². The van der Waals surface area contributed by atoms with Gasteiger partial charge in [-0.3, -0.25) is 4.90 Å². The molecule has 176 valence electrons. The second-order valence-corrected chi connectivity index (χ2v) is 8.99. The summed E-state index contributed by atoms with van der Waals surface area (Å²) in [6.45, 7) is 4.11. The number of pyridine rings is 1. The van der Waals surface area contributed by atoms with Gasteiger partial charge in [0.05, 0.1) is 35.0 Å². The van der Waals surface area contributed by atoms with Crippen molar-refractivity contribution >= 4 is 23.2 Å². The highest BCUT2D eigenvalue weighted by Gasteiger charge is 2.40. The van der Waals surface area contributed by atoms with Crippen LogP contribution in [0.2, 0.25) is 0 Å². The van der Waals surface area contributed by atoms with E-state index < -0.39 is 0 Å². The second kappa shape index (κ2) is 8.52.